The molecule has 9 nitrogen and oxygen atoms in total. The van der Waals surface area contributed by atoms with Crippen LogP contribution < -0.4 is 0 Å². The molecule has 4 aliphatic rings. The van der Waals surface area contributed by atoms with Crippen LogP contribution in [-0.4, -0.2) is 68.1 Å². The van der Waals surface area contributed by atoms with Crippen molar-refractivity contribution in [3.05, 3.63) is 23.8 Å². The third-order valence-corrected chi connectivity index (χ3v) is 10.5. The van der Waals surface area contributed by atoms with Crippen molar-refractivity contribution in [1.82, 2.24) is 0 Å². The number of halogens is 1. The smallest absolute Gasteiger partial charge is 0.434 e. The van der Waals surface area contributed by atoms with Crippen LogP contribution in [-0.2, 0) is 33.4 Å². The summed E-state index contributed by atoms with van der Waals surface area (Å²) in [6.45, 7) is 6.23. The molecule has 0 bridgehead atoms. The molecule has 0 aromatic rings. The highest BCUT2D eigenvalue weighted by Gasteiger charge is 2.77. The summed E-state index contributed by atoms with van der Waals surface area (Å²) in [6.07, 6.45) is 4.66. The molecular weight excluding hydrogens is 531 g/mol. The first-order valence-corrected chi connectivity index (χ1v) is 15.4. The Morgan fingerprint density at radius 1 is 1.23 bits per heavy atom. The number of aliphatic hydroxyl groups excluding tert-OH is 1. The molecule has 39 heavy (non-hydrogen) atoms. The summed E-state index contributed by atoms with van der Waals surface area (Å²) in [7, 11) is -4.00. The predicted molar refractivity (Wildman–Crippen MR) is 139 cm³/mol. The zero-order chi connectivity index (χ0) is 29.0. The van der Waals surface area contributed by atoms with E-state index in [0.717, 1.165) is 12.7 Å². The molecule has 8 atom stereocenters. The van der Waals surface area contributed by atoms with Crippen molar-refractivity contribution in [2.75, 3.05) is 19.5 Å². The minimum Gasteiger partial charge on any atom is -0.434 e. The van der Waals surface area contributed by atoms with Gasteiger partial charge in [0.15, 0.2) is 17.1 Å². The maximum absolute atomic E-state index is 17.4. The Kier molecular flexibility index (Phi) is 7.71. The minimum absolute atomic E-state index is 0.0747. The van der Waals surface area contributed by atoms with E-state index in [-0.39, 0.29) is 18.8 Å². The quantitative estimate of drug-likeness (QED) is 0.262. The number of rotatable bonds is 8. The summed E-state index contributed by atoms with van der Waals surface area (Å²) in [5.74, 6) is -2.87. The third-order valence-electron chi connectivity index (χ3n) is 9.96. The van der Waals surface area contributed by atoms with E-state index in [1.165, 1.54) is 12.2 Å². The average Bonchev–Trinajstić information content (AvgIpc) is 3.05. The molecule has 0 spiro atoms. The number of alkyl halides is 1. The van der Waals surface area contributed by atoms with E-state index in [2.05, 4.69) is 0 Å². The van der Waals surface area contributed by atoms with Crippen molar-refractivity contribution in [3.63, 3.8) is 0 Å². The van der Waals surface area contributed by atoms with Crippen LogP contribution in [0.25, 0.3) is 0 Å². The van der Waals surface area contributed by atoms with Gasteiger partial charge in [0.25, 0.3) is 10.1 Å². The number of ketones is 2. The number of Topliss-reactive ketones (excluding diaryl/α,β-unsaturated/α-hetero) is 1. The number of allylic oxidation sites excluding steroid dienone is 4. The van der Waals surface area contributed by atoms with Crippen LogP contribution in [0.1, 0.15) is 66.2 Å². The molecule has 0 saturated heterocycles. The van der Waals surface area contributed by atoms with Crippen molar-refractivity contribution in [2.45, 2.75) is 83.6 Å². The van der Waals surface area contributed by atoms with E-state index in [0.29, 0.717) is 31.3 Å². The van der Waals surface area contributed by atoms with E-state index in [1.54, 1.807) is 26.8 Å². The average molecular weight is 571 g/mol. The number of unbranched alkanes of at least 4 members (excludes halogenated alkanes) is 1. The van der Waals surface area contributed by atoms with E-state index in [4.69, 9.17) is 13.7 Å². The van der Waals surface area contributed by atoms with E-state index >= 15 is 4.39 Å². The fourth-order valence-corrected chi connectivity index (χ4v) is 8.45. The predicted octanol–water partition coefficient (Wildman–Crippen LogP) is 3.84. The Bertz CT molecular complexity index is 1210. The molecule has 3 saturated carbocycles. The van der Waals surface area contributed by atoms with Gasteiger partial charge in [0.2, 0.25) is 5.78 Å². The molecule has 0 heterocycles. The van der Waals surface area contributed by atoms with Gasteiger partial charge in [-0.1, -0.05) is 38.8 Å². The van der Waals surface area contributed by atoms with Crippen molar-refractivity contribution < 1.29 is 46.0 Å². The molecule has 0 amide bonds. The molecule has 0 aliphatic heterocycles. The second kappa shape index (κ2) is 10.1. The molecule has 0 aromatic heterocycles. The molecule has 1 N–H and O–H groups in total. The van der Waals surface area contributed by atoms with Crippen LogP contribution in [0.5, 0.6) is 0 Å². The van der Waals surface area contributed by atoms with Crippen LogP contribution in [0.2, 0.25) is 0 Å². The lowest BCUT2D eigenvalue weighted by Crippen LogP contribution is -2.70. The van der Waals surface area contributed by atoms with Crippen molar-refractivity contribution in [1.29, 1.82) is 0 Å². The van der Waals surface area contributed by atoms with Crippen molar-refractivity contribution >= 4 is 27.8 Å². The van der Waals surface area contributed by atoms with Crippen LogP contribution in [0.4, 0.5) is 9.18 Å². The van der Waals surface area contributed by atoms with Gasteiger partial charge in [-0.05, 0) is 57.1 Å². The number of carbonyl (C=O) groups excluding carboxylic acids is 3. The molecule has 3 fully saturated rings. The maximum Gasteiger partial charge on any atom is 0.509 e. The largest absolute Gasteiger partial charge is 0.509 e. The van der Waals surface area contributed by atoms with Gasteiger partial charge in [-0.25, -0.2) is 9.18 Å². The Labute approximate surface area is 229 Å². The van der Waals surface area contributed by atoms with Gasteiger partial charge < -0.3 is 14.6 Å². The fourth-order valence-electron chi connectivity index (χ4n) is 8.13. The first-order chi connectivity index (χ1) is 18.1. The van der Waals surface area contributed by atoms with Crippen molar-refractivity contribution in [2.24, 2.45) is 28.6 Å². The van der Waals surface area contributed by atoms with E-state index in [1.807, 2.05) is 6.92 Å². The summed E-state index contributed by atoms with van der Waals surface area (Å²) in [4.78, 5) is 38.8. The number of hydrogen-bond donors (Lipinski definition) is 1. The van der Waals surface area contributed by atoms with Crippen LogP contribution in [0, 0.1) is 28.6 Å². The topological polar surface area (TPSA) is 133 Å². The monoisotopic (exact) mass is 570 g/mol. The second-order valence-electron chi connectivity index (χ2n) is 12.1. The molecule has 218 valence electrons. The zero-order valence-corrected chi connectivity index (χ0v) is 24.0. The normalized spacial score (nSPS) is 41.2. The third kappa shape index (κ3) is 4.48. The summed E-state index contributed by atoms with van der Waals surface area (Å²) in [6, 6.07) is 0. The van der Waals surface area contributed by atoms with Crippen LogP contribution in [0.3, 0.4) is 0 Å². The molecule has 11 heteroatoms. The van der Waals surface area contributed by atoms with Gasteiger partial charge in [0.05, 0.1) is 19.0 Å². The van der Waals surface area contributed by atoms with Gasteiger partial charge in [0.1, 0.15) is 6.61 Å². The molecular formula is C28H39FO9S. The highest BCUT2D eigenvalue weighted by molar-refractivity contribution is 7.86. The summed E-state index contributed by atoms with van der Waals surface area (Å²) >= 11 is 0. The molecule has 0 aromatic carbocycles. The van der Waals surface area contributed by atoms with Gasteiger partial charge in [-0.15, -0.1) is 0 Å². The Balaban J connectivity index is 1.78. The number of aliphatic hydroxyl groups is 1. The van der Waals surface area contributed by atoms with E-state index in [9.17, 15) is 27.9 Å². The number of hydrogen-bond acceptors (Lipinski definition) is 9. The second-order valence-corrected chi connectivity index (χ2v) is 13.7. The molecule has 4 rings (SSSR count). The first kappa shape index (κ1) is 29.9. The standard InChI is InChI=1S/C28H39FO9S/c1-6-7-12-36-24(33)38-28(23(32)16-37-39(5,34)35)17(2)13-21-20-9-8-18-14-19(30)10-11-25(18,3)27(20,29)22(31)15-26(21,28)4/h10-11,14,17,20-22,31H,6-9,12-13,15-16H2,1-5H3/t17-,20+,21+,22+,25+,26+,27+,28+/m1/s1. The molecule has 0 radical (unpaired) electrons. The lowest BCUT2D eigenvalue weighted by molar-refractivity contribution is -0.221. The highest BCUT2D eigenvalue weighted by atomic mass is 32.2. The fraction of sp³-hybridized carbons (Fsp3) is 0.750. The first-order valence-electron chi connectivity index (χ1n) is 13.6. The van der Waals surface area contributed by atoms with Gasteiger partial charge in [-0.2, -0.15) is 8.42 Å². The zero-order valence-electron chi connectivity index (χ0n) is 23.2. The minimum atomic E-state index is -4.00. The number of ether oxygens (including phenoxy) is 2. The lowest BCUT2D eigenvalue weighted by atomic mass is 9.44. The van der Waals surface area contributed by atoms with Crippen LogP contribution in [0.15, 0.2) is 23.8 Å². The maximum atomic E-state index is 17.4. The van der Waals surface area contributed by atoms with Crippen molar-refractivity contribution in [3.8, 4) is 0 Å². The summed E-state index contributed by atoms with van der Waals surface area (Å²) in [5.41, 5.74) is -5.89. The Morgan fingerprint density at radius 3 is 2.56 bits per heavy atom. The summed E-state index contributed by atoms with van der Waals surface area (Å²) in [5, 5.41) is 11.6. The van der Waals surface area contributed by atoms with Gasteiger partial charge >= 0.3 is 6.16 Å². The van der Waals surface area contributed by atoms with Gasteiger partial charge in [-0.3, -0.25) is 13.8 Å². The Hall–Kier alpha value is -2.11. The van der Waals surface area contributed by atoms with Gasteiger partial charge in [0, 0.05) is 22.7 Å². The number of carbonyl (C=O) groups is 3. The summed E-state index contributed by atoms with van der Waals surface area (Å²) < 4.78 is 56.9. The highest BCUT2D eigenvalue weighted by Crippen LogP contribution is 2.71. The lowest BCUT2D eigenvalue weighted by Gasteiger charge is -2.62. The number of fused-ring (bicyclic) bond motifs is 5. The van der Waals surface area contributed by atoms with E-state index < -0.39 is 74.6 Å². The van der Waals surface area contributed by atoms with Crippen LogP contribution >= 0.6 is 0 Å². The Morgan fingerprint density at radius 2 is 1.92 bits per heavy atom. The molecule has 0 unspecified atom stereocenters. The SMILES string of the molecule is CCCCOC(=O)O[C@]1(C(=O)COS(C)(=O)=O)[C@H](C)C[C@H]2[C@@H]3CCC4=CC(=O)C=C[C@]4(C)[C@@]3(F)[C@@H](O)C[C@@]21C. The molecule has 4 aliphatic carbocycles.